The Bertz CT molecular complexity index is 1200. The van der Waals surface area contributed by atoms with Gasteiger partial charge in [0, 0.05) is 34.5 Å². The second-order valence-electron chi connectivity index (χ2n) is 7.88. The van der Waals surface area contributed by atoms with Gasteiger partial charge >= 0.3 is 6.03 Å². The first-order chi connectivity index (χ1) is 16.1. The minimum Gasteiger partial charge on any atom is -0.454 e. The monoisotopic (exact) mass is 461 g/mol. The summed E-state index contributed by atoms with van der Waals surface area (Å²) in [7, 11) is 0. The molecule has 0 saturated carbocycles. The van der Waals surface area contributed by atoms with Crippen LogP contribution in [0.2, 0.25) is 0 Å². The zero-order chi connectivity index (χ0) is 22.8. The number of fused-ring (bicyclic) bond motifs is 2. The zero-order valence-corrected chi connectivity index (χ0v) is 18.9. The van der Waals surface area contributed by atoms with E-state index >= 15 is 0 Å². The van der Waals surface area contributed by atoms with Crippen LogP contribution in [0.15, 0.2) is 71.6 Å². The van der Waals surface area contributed by atoms with Crippen LogP contribution in [0.3, 0.4) is 0 Å². The van der Waals surface area contributed by atoms with E-state index in [1.54, 1.807) is 40.9 Å². The zero-order valence-electron chi connectivity index (χ0n) is 18.0. The molecular formula is C25H23N3O4S. The first kappa shape index (κ1) is 21.2. The van der Waals surface area contributed by atoms with Gasteiger partial charge in [0.25, 0.3) is 5.91 Å². The fourth-order valence-electron chi connectivity index (χ4n) is 3.81. The molecule has 2 aliphatic rings. The molecule has 8 heteroatoms. The van der Waals surface area contributed by atoms with Crippen molar-refractivity contribution >= 4 is 35.1 Å². The molecule has 2 aliphatic heterocycles. The van der Waals surface area contributed by atoms with Crippen LogP contribution < -0.4 is 25.0 Å². The summed E-state index contributed by atoms with van der Waals surface area (Å²) in [6.07, 6.45) is 0. The molecule has 5 rings (SSSR count). The van der Waals surface area contributed by atoms with Crippen LogP contribution in [-0.2, 0) is 6.54 Å². The van der Waals surface area contributed by atoms with Crippen molar-refractivity contribution in [3.05, 3.63) is 77.9 Å². The van der Waals surface area contributed by atoms with Gasteiger partial charge in [-0.05, 0) is 54.1 Å². The molecule has 0 radical (unpaired) electrons. The number of carbonyl (C=O) groups is 2. The number of ether oxygens (including phenoxy) is 2. The Morgan fingerprint density at radius 2 is 1.82 bits per heavy atom. The van der Waals surface area contributed by atoms with Gasteiger partial charge in [-0.25, -0.2) is 4.79 Å². The summed E-state index contributed by atoms with van der Waals surface area (Å²) < 4.78 is 10.7. The van der Waals surface area contributed by atoms with E-state index in [9.17, 15) is 9.59 Å². The summed E-state index contributed by atoms with van der Waals surface area (Å²) >= 11 is 1.77. The topological polar surface area (TPSA) is 79.9 Å². The lowest BCUT2D eigenvalue weighted by atomic mass is 10.1. The average Bonchev–Trinajstić information content (AvgIpc) is 3.30. The molecule has 0 saturated heterocycles. The number of nitrogens with one attached hydrogen (secondary N) is 2. The van der Waals surface area contributed by atoms with Gasteiger partial charge in [0.05, 0.1) is 5.69 Å². The number of thioether (sulfide) groups is 1. The number of rotatable bonds is 4. The molecule has 7 nitrogen and oxygen atoms in total. The second-order valence-corrected chi connectivity index (χ2v) is 9.36. The molecule has 3 amide bonds. The van der Waals surface area contributed by atoms with E-state index in [4.69, 9.17) is 9.47 Å². The Morgan fingerprint density at radius 1 is 1.03 bits per heavy atom. The van der Waals surface area contributed by atoms with Crippen LogP contribution in [0.1, 0.15) is 22.8 Å². The Hall–Kier alpha value is -3.65. The molecule has 0 aliphatic carbocycles. The number of urea groups is 1. The fraction of sp³-hybridized carbons (Fsp3) is 0.200. The Labute approximate surface area is 196 Å². The number of amides is 3. The maximum atomic E-state index is 12.9. The van der Waals surface area contributed by atoms with Crippen LogP contribution in [0, 0.1) is 0 Å². The Morgan fingerprint density at radius 3 is 2.67 bits per heavy atom. The standard InChI is InChI=1S/C25H23N3O4S/c1-16-14-28(20-4-2-3-5-23(20)33-16)25(30)27-19-9-7-18(8-10-19)24(29)26-13-17-6-11-21-22(12-17)32-15-31-21/h2-12,16H,13-15H2,1H3,(H,26,29)(H,27,30). The summed E-state index contributed by atoms with van der Waals surface area (Å²) in [6, 6.07) is 20.2. The molecule has 1 atom stereocenters. The van der Waals surface area contributed by atoms with E-state index < -0.39 is 0 Å². The third-order valence-electron chi connectivity index (χ3n) is 5.46. The van der Waals surface area contributed by atoms with Gasteiger partial charge < -0.3 is 20.1 Å². The molecule has 0 aromatic heterocycles. The molecule has 3 aromatic rings. The van der Waals surface area contributed by atoms with Gasteiger partial charge in [-0.2, -0.15) is 0 Å². The average molecular weight is 462 g/mol. The molecule has 1 unspecified atom stereocenters. The number of hydrogen-bond donors (Lipinski definition) is 2. The smallest absolute Gasteiger partial charge is 0.326 e. The number of carbonyl (C=O) groups excluding carboxylic acids is 2. The Balaban J connectivity index is 1.20. The molecular weight excluding hydrogens is 438 g/mol. The largest absolute Gasteiger partial charge is 0.454 e. The van der Waals surface area contributed by atoms with E-state index in [1.807, 2.05) is 42.5 Å². The van der Waals surface area contributed by atoms with Crippen LogP contribution in [0.5, 0.6) is 11.5 Å². The van der Waals surface area contributed by atoms with Crippen molar-refractivity contribution in [3.8, 4) is 11.5 Å². The number of anilines is 2. The highest BCUT2D eigenvalue weighted by molar-refractivity contribution is 8.00. The minimum atomic E-state index is -0.193. The first-order valence-corrected chi connectivity index (χ1v) is 11.6. The fourth-order valence-corrected chi connectivity index (χ4v) is 4.93. The number of hydrogen-bond acceptors (Lipinski definition) is 5. The first-order valence-electron chi connectivity index (χ1n) is 10.7. The lowest BCUT2D eigenvalue weighted by Crippen LogP contribution is -2.41. The van der Waals surface area contributed by atoms with Gasteiger partial charge in [-0.1, -0.05) is 25.1 Å². The number of para-hydroxylation sites is 1. The number of benzene rings is 3. The predicted octanol–water partition coefficient (Wildman–Crippen LogP) is 4.88. The quantitative estimate of drug-likeness (QED) is 0.579. The van der Waals surface area contributed by atoms with Crippen molar-refractivity contribution in [1.29, 1.82) is 0 Å². The van der Waals surface area contributed by atoms with Gasteiger partial charge in [0.2, 0.25) is 6.79 Å². The highest BCUT2D eigenvalue weighted by Crippen LogP contribution is 2.38. The summed E-state index contributed by atoms with van der Waals surface area (Å²) in [5.74, 6) is 1.21. The maximum Gasteiger partial charge on any atom is 0.326 e. The van der Waals surface area contributed by atoms with Crippen molar-refractivity contribution in [1.82, 2.24) is 5.32 Å². The van der Waals surface area contributed by atoms with Gasteiger partial charge in [0.15, 0.2) is 11.5 Å². The second kappa shape index (κ2) is 9.07. The molecule has 168 valence electrons. The molecule has 0 bridgehead atoms. The van der Waals surface area contributed by atoms with E-state index in [1.165, 1.54) is 0 Å². The van der Waals surface area contributed by atoms with Crippen molar-refractivity contribution < 1.29 is 19.1 Å². The van der Waals surface area contributed by atoms with Gasteiger partial charge in [-0.15, -0.1) is 11.8 Å². The van der Waals surface area contributed by atoms with Crippen LogP contribution in [-0.4, -0.2) is 30.5 Å². The van der Waals surface area contributed by atoms with Crippen LogP contribution >= 0.6 is 11.8 Å². The highest BCUT2D eigenvalue weighted by Gasteiger charge is 2.26. The van der Waals surface area contributed by atoms with Crippen molar-refractivity contribution in [3.63, 3.8) is 0 Å². The van der Waals surface area contributed by atoms with Crippen molar-refractivity contribution in [2.45, 2.75) is 23.6 Å². The molecule has 33 heavy (non-hydrogen) atoms. The molecule has 0 spiro atoms. The summed E-state index contributed by atoms with van der Waals surface area (Å²) in [5.41, 5.74) is 2.99. The van der Waals surface area contributed by atoms with Gasteiger partial charge in [0.1, 0.15) is 0 Å². The van der Waals surface area contributed by atoms with E-state index in [0.29, 0.717) is 41.1 Å². The van der Waals surface area contributed by atoms with Crippen molar-refractivity contribution in [2.24, 2.45) is 0 Å². The lowest BCUT2D eigenvalue weighted by molar-refractivity contribution is 0.0951. The molecule has 0 fully saturated rings. The van der Waals surface area contributed by atoms with Crippen LogP contribution in [0.4, 0.5) is 16.2 Å². The third kappa shape index (κ3) is 4.61. The number of nitrogens with zero attached hydrogens (tertiary/aromatic N) is 1. The lowest BCUT2D eigenvalue weighted by Gasteiger charge is -2.32. The molecule has 2 heterocycles. The van der Waals surface area contributed by atoms with Gasteiger partial charge in [-0.3, -0.25) is 9.69 Å². The summed E-state index contributed by atoms with van der Waals surface area (Å²) in [6.45, 7) is 3.33. The predicted molar refractivity (Wildman–Crippen MR) is 128 cm³/mol. The normalized spacial score (nSPS) is 16.2. The highest BCUT2D eigenvalue weighted by atomic mass is 32.2. The third-order valence-corrected chi connectivity index (χ3v) is 6.61. The van der Waals surface area contributed by atoms with E-state index in [2.05, 4.69) is 17.6 Å². The summed E-state index contributed by atoms with van der Waals surface area (Å²) in [5, 5.41) is 6.15. The van der Waals surface area contributed by atoms with Crippen LogP contribution in [0.25, 0.3) is 0 Å². The molecule has 2 N–H and O–H groups in total. The van der Waals surface area contributed by atoms with Crippen molar-refractivity contribution in [2.75, 3.05) is 23.6 Å². The Kier molecular flexibility index (Phi) is 5.83. The minimum absolute atomic E-state index is 0.186. The SMILES string of the molecule is CC1CN(C(=O)Nc2ccc(C(=O)NCc3ccc4c(c3)OCO4)cc2)c2ccccc2S1. The van der Waals surface area contributed by atoms with E-state index in [0.717, 1.165) is 16.1 Å². The maximum absolute atomic E-state index is 12.9. The summed E-state index contributed by atoms with van der Waals surface area (Å²) in [4.78, 5) is 28.3. The van der Waals surface area contributed by atoms with E-state index in [-0.39, 0.29) is 18.7 Å². The molecule has 3 aromatic carbocycles.